The van der Waals surface area contributed by atoms with Gasteiger partial charge in [0.1, 0.15) is 0 Å². The zero-order valence-corrected chi connectivity index (χ0v) is 42.4. The molecule has 8 aromatic rings. The van der Waals surface area contributed by atoms with E-state index in [0.29, 0.717) is 0 Å². The van der Waals surface area contributed by atoms with Gasteiger partial charge in [-0.15, -0.1) is 0 Å². The van der Waals surface area contributed by atoms with E-state index in [1.54, 1.807) is 0 Å². The standard InChI is InChI=1S/C26H22.C15H16.C13H12.C11H16.C2H6/c1-19-11-10-18-24-25(19)22-16-8-9-17-23(22)26(24,20-12-4-2-5-13-20)21-14-6-3-7-15-21;1-11-8-9-15(13(3)10-11)14-7-5-4-6-12(14)2;1-11-7-9-13(10-8-11)12-5-3-2-4-6-12;1-7-6-8(2)10(4)11(5)9(7)3;1-2/h2,4-6,8-18H,3,7H2,1H3;4-10H,1-3H3;2-10H,1H3;6H,1-5H3;1-2H3. The van der Waals surface area contributed by atoms with E-state index in [-0.39, 0.29) is 5.41 Å². The summed E-state index contributed by atoms with van der Waals surface area (Å²) < 4.78 is 0. The van der Waals surface area contributed by atoms with Crippen LogP contribution in [0.5, 0.6) is 0 Å². The van der Waals surface area contributed by atoms with Crippen LogP contribution in [-0.4, -0.2) is 0 Å². The first-order valence-electron chi connectivity index (χ1n) is 24.3. The van der Waals surface area contributed by atoms with Crippen molar-refractivity contribution in [1.29, 1.82) is 0 Å². The largest absolute Gasteiger partial charge is 0.0839 e. The molecular formula is C67H72. The van der Waals surface area contributed by atoms with Gasteiger partial charge in [-0.1, -0.05) is 219 Å². The minimum Gasteiger partial charge on any atom is -0.0839 e. The highest BCUT2D eigenvalue weighted by atomic mass is 14.5. The van der Waals surface area contributed by atoms with Gasteiger partial charge in [0.15, 0.2) is 0 Å². The molecule has 0 saturated carbocycles. The molecule has 0 bridgehead atoms. The number of rotatable bonds is 4. The van der Waals surface area contributed by atoms with Crippen LogP contribution < -0.4 is 0 Å². The predicted molar refractivity (Wildman–Crippen MR) is 294 cm³/mol. The molecule has 0 fully saturated rings. The van der Waals surface area contributed by atoms with E-state index in [2.05, 4.69) is 257 Å². The monoisotopic (exact) mass is 877 g/mol. The SMILES string of the molecule is CC.Cc1cc(C)c(C)c(C)c1C.Cc1ccc(-c2ccccc2)cc1.Cc1ccc(-c2ccccc2C)c(C)c1.Cc1cccc2c1-c1ccccc1C2(C1=CCCC=C1)c1ccccc1. The Balaban J connectivity index is 0.000000155. The second-order valence-corrected chi connectivity index (χ2v) is 18.0. The number of fused-ring (bicyclic) bond motifs is 3. The van der Waals surface area contributed by atoms with Gasteiger partial charge < -0.3 is 0 Å². The molecule has 1 atom stereocenters. The lowest BCUT2D eigenvalue weighted by Crippen LogP contribution is -2.29. The summed E-state index contributed by atoms with van der Waals surface area (Å²) in [7, 11) is 0. The number of hydrogen-bond donors (Lipinski definition) is 0. The summed E-state index contributed by atoms with van der Waals surface area (Å²) in [6.07, 6.45) is 9.38. The van der Waals surface area contributed by atoms with Crippen LogP contribution in [0.15, 0.2) is 200 Å². The normalized spacial score (nSPS) is 13.9. The molecule has 0 saturated heterocycles. The molecule has 0 nitrogen and oxygen atoms in total. The van der Waals surface area contributed by atoms with E-state index in [1.807, 2.05) is 19.9 Å². The minimum atomic E-state index is -0.212. The fourth-order valence-electron chi connectivity index (χ4n) is 9.66. The predicted octanol–water partition coefficient (Wildman–Crippen LogP) is 18.8. The van der Waals surface area contributed by atoms with Crippen LogP contribution in [0.1, 0.15) is 99.0 Å². The van der Waals surface area contributed by atoms with Crippen LogP contribution >= 0.6 is 0 Å². The van der Waals surface area contributed by atoms with Crippen molar-refractivity contribution in [2.24, 2.45) is 0 Å². The Morgan fingerprint density at radius 2 is 0.881 bits per heavy atom. The van der Waals surface area contributed by atoms with E-state index in [9.17, 15) is 0 Å². The van der Waals surface area contributed by atoms with Gasteiger partial charge in [-0.25, -0.2) is 0 Å². The highest BCUT2D eigenvalue weighted by Crippen LogP contribution is 2.57. The Kier molecular flexibility index (Phi) is 17.1. The Labute approximate surface area is 404 Å². The van der Waals surface area contributed by atoms with Crippen molar-refractivity contribution in [2.45, 2.75) is 101 Å². The van der Waals surface area contributed by atoms with E-state index >= 15 is 0 Å². The lowest BCUT2D eigenvalue weighted by molar-refractivity contribution is 0.751. The van der Waals surface area contributed by atoms with Gasteiger partial charge in [0.2, 0.25) is 0 Å². The lowest BCUT2D eigenvalue weighted by atomic mass is 9.66. The van der Waals surface area contributed by atoms with Gasteiger partial charge in [-0.05, 0) is 182 Å². The Bertz CT molecular complexity index is 2910. The smallest absolute Gasteiger partial charge is 0.0710 e. The van der Waals surface area contributed by atoms with Crippen LogP contribution in [0, 0.1) is 69.2 Å². The van der Waals surface area contributed by atoms with Crippen molar-refractivity contribution < 1.29 is 0 Å². The van der Waals surface area contributed by atoms with E-state index < -0.39 is 0 Å². The van der Waals surface area contributed by atoms with Crippen molar-refractivity contribution in [3.05, 3.63) is 272 Å². The summed E-state index contributed by atoms with van der Waals surface area (Å²) in [5, 5.41) is 0. The second-order valence-electron chi connectivity index (χ2n) is 18.0. The molecule has 0 amide bonds. The molecule has 0 heteroatoms. The van der Waals surface area contributed by atoms with Crippen LogP contribution in [0.4, 0.5) is 0 Å². The minimum absolute atomic E-state index is 0.212. The quantitative estimate of drug-likeness (QED) is 0.165. The molecule has 2 aliphatic carbocycles. The molecule has 1 unspecified atom stereocenters. The van der Waals surface area contributed by atoms with Gasteiger partial charge in [-0.3, -0.25) is 0 Å². The molecule has 8 aromatic carbocycles. The van der Waals surface area contributed by atoms with Gasteiger partial charge in [-0.2, -0.15) is 0 Å². The summed E-state index contributed by atoms with van der Waals surface area (Å²) in [5.74, 6) is 0. The first-order chi connectivity index (χ1) is 32.4. The van der Waals surface area contributed by atoms with Gasteiger partial charge in [0, 0.05) is 0 Å². The maximum absolute atomic E-state index is 2.45. The summed E-state index contributed by atoms with van der Waals surface area (Å²) in [5.41, 5.74) is 27.2. The third-order valence-corrected chi connectivity index (χ3v) is 13.6. The molecule has 0 spiro atoms. The molecule has 340 valence electrons. The molecular weight excluding hydrogens is 805 g/mol. The lowest BCUT2D eigenvalue weighted by Gasteiger charge is -2.35. The maximum Gasteiger partial charge on any atom is 0.0710 e. The summed E-state index contributed by atoms with van der Waals surface area (Å²) in [6, 6.07) is 63.2. The van der Waals surface area contributed by atoms with Crippen molar-refractivity contribution in [3.8, 4) is 33.4 Å². The Morgan fingerprint density at radius 1 is 0.358 bits per heavy atom. The first kappa shape index (κ1) is 49.7. The highest BCUT2D eigenvalue weighted by Gasteiger charge is 2.47. The zero-order valence-electron chi connectivity index (χ0n) is 42.4. The third kappa shape index (κ3) is 11.1. The Hall–Kier alpha value is -6.76. The Morgan fingerprint density at radius 3 is 1.49 bits per heavy atom. The first-order valence-corrected chi connectivity index (χ1v) is 24.3. The van der Waals surface area contributed by atoms with Crippen molar-refractivity contribution >= 4 is 0 Å². The van der Waals surface area contributed by atoms with E-state index in [4.69, 9.17) is 0 Å². The molecule has 0 aliphatic heterocycles. The number of hydrogen-bond acceptors (Lipinski definition) is 0. The molecule has 67 heavy (non-hydrogen) atoms. The average Bonchev–Trinajstić information content (AvgIpc) is 3.67. The summed E-state index contributed by atoms with van der Waals surface area (Å²) in [6.45, 7) is 25.7. The molecule has 0 aromatic heterocycles. The number of aryl methyl sites for hydroxylation is 7. The highest BCUT2D eigenvalue weighted by molar-refractivity contribution is 5.88. The summed E-state index contributed by atoms with van der Waals surface area (Å²) in [4.78, 5) is 0. The molecule has 2 aliphatic rings. The topological polar surface area (TPSA) is 0 Å². The summed E-state index contributed by atoms with van der Waals surface area (Å²) >= 11 is 0. The molecule has 0 N–H and O–H groups in total. The fourth-order valence-corrected chi connectivity index (χ4v) is 9.66. The van der Waals surface area contributed by atoms with Crippen LogP contribution in [0.2, 0.25) is 0 Å². The average molecular weight is 877 g/mol. The molecule has 0 heterocycles. The van der Waals surface area contributed by atoms with Crippen molar-refractivity contribution in [2.75, 3.05) is 0 Å². The van der Waals surface area contributed by atoms with Gasteiger partial charge >= 0.3 is 0 Å². The van der Waals surface area contributed by atoms with Crippen LogP contribution in [0.3, 0.4) is 0 Å². The van der Waals surface area contributed by atoms with Crippen LogP contribution in [-0.2, 0) is 5.41 Å². The maximum atomic E-state index is 2.45. The zero-order chi connectivity index (χ0) is 48.1. The second kappa shape index (κ2) is 23.1. The van der Waals surface area contributed by atoms with Crippen LogP contribution in [0.25, 0.3) is 33.4 Å². The van der Waals surface area contributed by atoms with Crippen molar-refractivity contribution in [1.82, 2.24) is 0 Å². The number of allylic oxidation sites excluding steroid dienone is 4. The fraction of sp³-hybridized carbons (Fsp3) is 0.224. The third-order valence-electron chi connectivity index (χ3n) is 13.6. The molecule has 10 rings (SSSR count). The van der Waals surface area contributed by atoms with Crippen molar-refractivity contribution in [3.63, 3.8) is 0 Å². The van der Waals surface area contributed by atoms with E-state index in [1.165, 1.54) is 111 Å². The molecule has 0 radical (unpaired) electrons. The number of benzene rings is 8. The van der Waals surface area contributed by atoms with E-state index in [0.717, 1.165) is 12.8 Å². The van der Waals surface area contributed by atoms with Gasteiger partial charge in [0.05, 0.1) is 5.41 Å². The van der Waals surface area contributed by atoms with Gasteiger partial charge in [0.25, 0.3) is 0 Å².